The molecular formula is C28H29ClN4O3. The maximum Gasteiger partial charge on any atom is 0.162 e. The first-order valence-electron chi connectivity index (χ1n) is 12.0. The van der Waals surface area contributed by atoms with Crippen molar-refractivity contribution in [3.05, 3.63) is 65.7 Å². The SMILES string of the molecule is COc1ccc(-c2ccc(-c3nc(NCCN4CCOCC4)c4ccc(Cl)cc4n3)cc2)cc1OC. The fraction of sp³-hybridized carbons (Fsp3) is 0.286. The molecule has 1 fully saturated rings. The van der Waals surface area contributed by atoms with Crippen LogP contribution in [0.5, 0.6) is 11.5 Å². The number of ether oxygens (including phenoxy) is 3. The Kier molecular flexibility index (Phi) is 7.51. The molecule has 1 aromatic heterocycles. The zero-order valence-corrected chi connectivity index (χ0v) is 21.2. The van der Waals surface area contributed by atoms with Gasteiger partial charge in [-0.3, -0.25) is 4.90 Å². The van der Waals surface area contributed by atoms with E-state index in [4.69, 9.17) is 35.8 Å². The maximum atomic E-state index is 6.29. The number of fused-ring (bicyclic) bond motifs is 1. The summed E-state index contributed by atoms with van der Waals surface area (Å²) in [5.41, 5.74) is 3.84. The van der Waals surface area contributed by atoms with Gasteiger partial charge in [-0.15, -0.1) is 0 Å². The van der Waals surface area contributed by atoms with Crippen LogP contribution < -0.4 is 14.8 Å². The standard InChI is InChI=1S/C28H29ClN4O3/c1-34-25-10-7-21(17-26(25)35-2)19-3-5-20(6-4-19)27-31-24-18-22(29)8-9-23(24)28(32-27)30-11-12-33-13-15-36-16-14-33/h3-10,17-18H,11-16H2,1-2H3,(H,30,31,32). The Bertz CT molecular complexity index is 1340. The molecule has 1 saturated heterocycles. The van der Waals surface area contributed by atoms with E-state index in [1.54, 1.807) is 14.2 Å². The Labute approximate surface area is 216 Å². The van der Waals surface area contributed by atoms with Crippen LogP contribution in [-0.2, 0) is 4.74 Å². The number of morpholine rings is 1. The molecule has 1 aliphatic rings. The van der Waals surface area contributed by atoms with Crippen LogP contribution in [0, 0.1) is 0 Å². The minimum Gasteiger partial charge on any atom is -0.493 e. The normalized spacial score (nSPS) is 14.1. The van der Waals surface area contributed by atoms with Crippen LogP contribution in [0.4, 0.5) is 5.82 Å². The van der Waals surface area contributed by atoms with Crippen molar-refractivity contribution in [2.45, 2.75) is 0 Å². The molecule has 0 aliphatic carbocycles. The molecule has 0 radical (unpaired) electrons. The molecule has 186 valence electrons. The second kappa shape index (κ2) is 11.1. The van der Waals surface area contributed by atoms with Gasteiger partial charge >= 0.3 is 0 Å². The lowest BCUT2D eigenvalue weighted by Gasteiger charge is -2.26. The highest BCUT2D eigenvalue weighted by atomic mass is 35.5. The van der Waals surface area contributed by atoms with Crippen molar-refractivity contribution < 1.29 is 14.2 Å². The molecule has 5 rings (SSSR count). The van der Waals surface area contributed by atoms with Gasteiger partial charge in [0.15, 0.2) is 17.3 Å². The number of rotatable bonds is 8. The van der Waals surface area contributed by atoms with Gasteiger partial charge in [0.25, 0.3) is 0 Å². The predicted molar refractivity (Wildman–Crippen MR) is 144 cm³/mol. The molecule has 1 N–H and O–H groups in total. The van der Waals surface area contributed by atoms with Crippen molar-refractivity contribution in [3.8, 4) is 34.0 Å². The summed E-state index contributed by atoms with van der Waals surface area (Å²) < 4.78 is 16.3. The Balaban J connectivity index is 1.41. The van der Waals surface area contributed by atoms with E-state index in [9.17, 15) is 0 Å². The summed E-state index contributed by atoms with van der Waals surface area (Å²) >= 11 is 6.29. The van der Waals surface area contributed by atoms with E-state index in [1.165, 1.54) is 0 Å². The van der Waals surface area contributed by atoms with Crippen molar-refractivity contribution in [2.24, 2.45) is 0 Å². The average molecular weight is 505 g/mol. The van der Waals surface area contributed by atoms with E-state index in [-0.39, 0.29) is 0 Å². The summed E-state index contributed by atoms with van der Waals surface area (Å²) in [5.74, 6) is 2.86. The van der Waals surface area contributed by atoms with Gasteiger partial charge in [-0.05, 0) is 41.5 Å². The molecule has 0 atom stereocenters. The first-order valence-corrected chi connectivity index (χ1v) is 12.4. The molecule has 8 heteroatoms. The molecule has 1 aliphatic heterocycles. The minimum atomic E-state index is 0.648. The van der Waals surface area contributed by atoms with Crippen LogP contribution in [-0.4, -0.2) is 68.5 Å². The van der Waals surface area contributed by atoms with Gasteiger partial charge in [-0.25, -0.2) is 9.97 Å². The number of methoxy groups -OCH3 is 2. The summed E-state index contributed by atoms with van der Waals surface area (Å²) in [7, 11) is 3.27. The van der Waals surface area contributed by atoms with E-state index in [0.717, 1.165) is 72.8 Å². The third kappa shape index (κ3) is 5.38. The van der Waals surface area contributed by atoms with E-state index >= 15 is 0 Å². The number of halogens is 1. The van der Waals surface area contributed by atoms with Crippen molar-refractivity contribution in [2.75, 3.05) is 58.9 Å². The number of anilines is 1. The third-order valence-corrected chi connectivity index (χ3v) is 6.58. The van der Waals surface area contributed by atoms with E-state index in [2.05, 4.69) is 22.3 Å². The van der Waals surface area contributed by atoms with E-state index in [1.807, 2.05) is 48.5 Å². The average Bonchev–Trinajstić information content (AvgIpc) is 2.93. The number of aromatic nitrogens is 2. The lowest BCUT2D eigenvalue weighted by atomic mass is 10.0. The third-order valence-electron chi connectivity index (χ3n) is 6.34. The second-order valence-corrected chi connectivity index (χ2v) is 9.02. The van der Waals surface area contributed by atoms with E-state index in [0.29, 0.717) is 22.3 Å². The molecule has 2 heterocycles. The highest BCUT2D eigenvalue weighted by Gasteiger charge is 2.13. The molecule has 0 unspecified atom stereocenters. The highest BCUT2D eigenvalue weighted by Crippen LogP contribution is 2.33. The van der Waals surface area contributed by atoms with Crippen molar-refractivity contribution in [1.29, 1.82) is 0 Å². The summed E-state index contributed by atoms with van der Waals surface area (Å²) in [4.78, 5) is 12.1. The fourth-order valence-electron chi connectivity index (χ4n) is 4.35. The number of benzene rings is 3. The fourth-order valence-corrected chi connectivity index (χ4v) is 4.52. The van der Waals surface area contributed by atoms with Gasteiger partial charge in [-0.1, -0.05) is 41.9 Å². The Hall–Kier alpha value is -3.39. The van der Waals surface area contributed by atoms with Gasteiger partial charge in [-0.2, -0.15) is 0 Å². The molecule has 3 aromatic carbocycles. The highest BCUT2D eigenvalue weighted by molar-refractivity contribution is 6.31. The molecular weight excluding hydrogens is 476 g/mol. The smallest absolute Gasteiger partial charge is 0.162 e. The predicted octanol–water partition coefficient (Wildman–Crippen LogP) is 5.38. The van der Waals surface area contributed by atoms with Gasteiger partial charge in [0.2, 0.25) is 0 Å². The molecule has 0 spiro atoms. The molecule has 7 nitrogen and oxygen atoms in total. The molecule has 4 aromatic rings. The van der Waals surface area contributed by atoms with Gasteiger partial charge in [0.1, 0.15) is 5.82 Å². The van der Waals surface area contributed by atoms with Crippen molar-refractivity contribution in [3.63, 3.8) is 0 Å². The number of nitrogens with zero attached hydrogens (tertiary/aromatic N) is 3. The van der Waals surface area contributed by atoms with E-state index < -0.39 is 0 Å². The topological polar surface area (TPSA) is 68.7 Å². The Morgan fingerprint density at radius 1 is 0.861 bits per heavy atom. The largest absolute Gasteiger partial charge is 0.493 e. The Morgan fingerprint density at radius 3 is 2.33 bits per heavy atom. The lowest BCUT2D eigenvalue weighted by Crippen LogP contribution is -2.39. The molecule has 0 bridgehead atoms. The first-order chi connectivity index (χ1) is 17.6. The second-order valence-electron chi connectivity index (χ2n) is 8.59. The van der Waals surface area contributed by atoms with Crippen molar-refractivity contribution >= 4 is 28.3 Å². The number of hydrogen-bond acceptors (Lipinski definition) is 7. The Morgan fingerprint density at radius 2 is 1.58 bits per heavy atom. The van der Waals surface area contributed by atoms with Gasteiger partial charge < -0.3 is 19.5 Å². The lowest BCUT2D eigenvalue weighted by molar-refractivity contribution is 0.0398. The minimum absolute atomic E-state index is 0.648. The summed E-state index contributed by atoms with van der Waals surface area (Å²) in [6.45, 7) is 5.21. The number of hydrogen-bond donors (Lipinski definition) is 1. The molecule has 36 heavy (non-hydrogen) atoms. The quantitative estimate of drug-likeness (QED) is 0.345. The monoisotopic (exact) mass is 504 g/mol. The van der Waals surface area contributed by atoms with Crippen LogP contribution in [0.3, 0.4) is 0 Å². The zero-order valence-electron chi connectivity index (χ0n) is 20.5. The van der Waals surface area contributed by atoms with Crippen LogP contribution >= 0.6 is 11.6 Å². The maximum absolute atomic E-state index is 6.29. The summed E-state index contributed by atoms with van der Waals surface area (Å²) in [6, 6.07) is 19.8. The number of nitrogens with one attached hydrogen (secondary N) is 1. The molecule has 0 amide bonds. The van der Waals surface area contributed by atoms with Crippen LogP contribution in [0.15, 0.2) is 60.7 Å². The van der Waals surface area contributed by atoms with Crippen molar-refractivity contribution in [1.82, 2.24) is 14.9 Å². The zero-order chi connectivity index (χ0) is 24.9. The van der Waals surface area contributed by atoms with Gasteiger partial charge in [0, 0.05) is 42.2 Å². The first kappa shape index (κ1) is 24.3. The molecule has 0 saturated carbocycles. The van der Waals surface area contributed by atoms with Gasteiger partial charge in [0.05, 0.1) is 33.0 Å². The summed E-state index contributed by atoms with van der Waals surface area (Å²) in [5, 5.41) is 5.12. The van der Waals surface area contributed by atoms with Crippen LogP contribution in [0.1, 0.15) is 0 Å². The van der Waals surface area contributed by atoms with Crippen LogP contribution in [0.25, 0.3) is 33.4 Å². The summed E-state index contributed by atoms with van der Waals surface area (Å²) in [6.07, 6.45) is 0. The van der Waals surface area contributed by atoms with Crippen LogP contribution in [0.2, 0.25) is 5.02 Å².